The van der Waals surface area contributed by atoms with Crippen molar-refractivity contribution in [3.8, 4) is 11.1 Å². The van der Waals surface area contributed by atoms with Gasteiger partial charge in [-0.3, -0.25) is 0 Å². The van der Waals surface area contributed by atoms with Crippen molar-refractivity contribution in [2.24, 2.45) is 0 Å². The summed E-state index contributed by atoms with van der Waals surface area (Å²) >= 11 is 0. The van der Waals surface area contributed by atoms with Gasteiger partial charge in [-0.05, 0) is 184 Å². The van der Waals surface area contributed by atoms with E-state index < -0.39 is 48.3 Å². The van der Waals surface area contributed by atoms with Crippen LogP contribution in [0.15, 0.2) is 172 Å². The molecule has 358 valence electrons. The summed E-state index contributed by atoms with van der Waals surface area (Å²) in [4.78, 5) is 52.6. The fourth-order valence-corrected chi connectivity index (χ4v) is 8.88. The van der Waals surface area contributed by atoms with Gasteiger partial charge in [-0.2, -0.15) is 0 Å². The molecule has 0 amide bonds. The molecule has 0 radical (unpaired) electrons. The van der Waals surface area contributed by atoms with E-state index in [1.807, 2.05) is 104 Å². The molecule has 0 aliphatic carbocycles. The number of anilines is 6. The highest BCUT2D eigenvalue weighted by Gasteiger charge is 2.23. The molecule has 6 rings (SSSR count). The van der Waals surface area contributed by atoms with Crippen LogP contribution in [0.25, 0.3) is 11.1 Å². The van der Waals surface area contributed by atoms with Gasteiger partial charge in [0.1, 0.15) is 24.4 Å². The van der Waals surface area contributed by atoms with Crippen molar-refractivity contribution in [2.75, 3.05) is 9.80 Å². The molecule has 70 heavy (non-hydrogen) atoms. The average Bonchev–Trinajstić information content (AvgIpc) is 3.34. The summed E-state index contributed by atoms with van der Waals surface area (Å²) in [7, 11) is 0. The van der Waals surface area contributed by atoms with Gasteiger partial charge in [-0.15, -0.1) is 0 Å². The van der Waals surface area contributed by atoms with Crippen LogP contribution >= 0.6 is 0 Å². The highest BCUT2D eigenvalue weighted by atomic mass is 16.6. The van der Waals surface area contributed by atoms with Gasteiger partial charge in [0, 0.05) is 58.4 Å². The fourth-order valence-electron chi connectivity index (χ4n) is 8.88. The lowest BCUT2D eigenvalue weighted by molar-refractivity contribution is -0.143. The maximum absolute atomic E-state index is 12.1. The molecule has 0 aliphatic rings. The van der Waals surface area contributed by atoms with Gasteiger partial charge in [0.15, 0.2) is 0 Å². The SMILES string of the molecule is C=CC(=O)OC(C)c1ccc(N(c2ccc(-c3ccc(N(c4ccc(C(C)OC(=O)C=C)cc4)c4cc(C)c(C(C)OC(=O)C=C)c(C)c4)cc3)cc2)c2cc(C)c(C(C)OC(=O)C=C)c(C)c2)cc1. The monoisotopic (exact) mass is 936 g/mol. The molecule has 0 saturated heterocycles. The summed E-state index contributed by atoms with van der Waals surface area (Å²) in [6, 6.07) is 40.8. The van der Waals surface area contributed by atoms with Crippen LogP contribution in [-0.2, 0) is 38.1 Å². The van der Waals surface area contributed by atoms with E-state index in [1.54, 1.807) is 0 Å². The average molecular weight is 937 g/mol. The Bertz CT molecular complexity index is 2670. The number of ether oxygens (including phenoxy) is 4. The standard InChI is InChI=1S/C60H60N2O8/c1-13-55(63)67-41(9)45-17-25-49(26-18-45)61(53-33-37(5)59(38(6)34-53)43(11)69-57(65)15-3)51-29-21-47(22-30-51)48-23-31-52(32-24-48)62(50-27-19-46(20-28-50)42(10)68-56(64)14-2)54-35-39(7)60(40(8)36-54)44(12)70-58(66)16-4/h13-36,41-44H,1-4H2,5-12H3. The van der Waals surface area contributed by atoms with Crippen molar-refractivity contribution in [1.29, 1.82) is 0 Å². The molecule has 10 nitrogen and oxygen atoms in total. The van der Waals surface area contributed by atoms with E-state index in [1.165, 1.54) is 12.2 Å². The molecule has 0 fully saturated rings. The number of aryl methyl sites for hydroxylation is 4. The lowest BCUT2D eigenvalue weighted by Crippen LogP contribution is -2.13. The maximum atomic E-state index is 12.1. The summed E-state index contributed by atoms with van der Waals surface area (Å²) in [5, 5.41) is 0. The van der Waals surface area contributed by atoms with Gasteiger partial charge in [0.05, 0.1) is 0 Å². The molecule has 0 aliphatic heterocycles. The van der Waals surface area contributed by atoms with Gasteiger partial charge in [-0.1, -0.05) is 74.8 Å². The first kappa shape index (κ1) is 51.2. The van der Waals surface area contributed by atoms with Crippen LogP contribution in [0.5, 0.6) is 0 Å². The van der Waals surface area contributed by atoms with Crippen molar-refractivity contribution in [3.05, 3.63) is 216 Å². The zero-order valence-corrected chi connectivity index (χ0v) is 41.2. The van der Waals surface area contributed by atoms with Crippen molar-refractivity contribution in [1.82, 2.24) is 0 Å². The number of carbonyl (C=O) groups is 4. The summed E-state index contributed by atoms with van der Waals surface area (Å²) in [5.41, 5.74) is 14.7. The minimum atomic E-state index is -0.493. The third kappa shape index (κ3) is 11.9. The highest BCUT2D eigenvalue weighted by molar-refractivity contribution is 5.85. The van der Waals surface area contributed by atoms with Gasteiger partial charge in [0.25, 0.3) is 0 Å². The number of hydrogen-bond donors (Lipinski definition) is 0. The van der Waals surface area contributed by atoms with E-state index in [-0.39, 0.29) is 0 Å². The lowest BCUT2D eigenvalue weighted by atomic mass is 9.96. The van der Waals surface area contributed by atoms with Crippen molar-refractivity contribution in [2.45, 2.75) is 79.8 Å². The summed E-state index contributed by atoms with van der Waals surface area (Å²) in [5.74, 6) is -1.96. The predicted octanol–water partition coefficient (Wildman–Crippen LogP) is 14.7. The molecule has 10 heteroatoms. The number of carbonyl (C=O) groups excluding carboxylic acids is 4. The minimum absolute atomic E-state index is 0.475. The lowest BCUT2D eigenvalue weighted by Gasteiger charge is -2.29. The second-order valence-corrected chi connectivity index (χ2v) is 17.1. The van der Waals surface area contributed by atoms with Crippen LogP contribution in [0, 0.1) is 27.7 Å². The van der Waals surface area contributed by atoms with E-state index in [0.717, 1.165) is 102 Å². The molecular weight excluding hydrogens is 877 g/mol. The number of esters is 4. The molecule has 0 spiro atoms. The smallest absolute Gasteiger partial charge is 0.330 e. The van der Waals surface area contributed by atoms with E-state index in [9.17, 15) is 19.2 Å². The molecule has 6 aromatic carbocycles. The first-order valence-corrected chi connectivity index (χ1v) is 23.0. The molecule has 4 atom stereocenters. The zero-order chi connectivity index (χ0) is 50.8. The summed E-state index contributed by atoms with van der Waals surface area (Å²) in [6.07, 6.45) is 2.73. The van der Waals surface area contributed by atoms with Gasteiger partial charge in [-0.25, -0.2) is 19.2 Å². The zero-order valence-electron chi connectivity index (χ0n) is 41.2. The van der Waals surface area contributed by atoms with E-state index in [2.05, 4.69) is 109 Å². The van der Waals surface area contributed by atoms with Crippen LogP contribution < -0.4 is 9.80 Å². The molecule has 0 aromatic heterocycles. The Hall–Kier alpha value is -8.24. The molecule has 4 unspecified atom stereocenters. The topological polar surface area (TPSA) is 112 Å². The summed E-state index contributed by atoms with van der Waals surface area (Å²) in [6.45, 7) is 29.5. The van der Waals surface area contributed by atoms with E-state index >= 15 is 0 Å². The van der Waals surface area contributed by atoms with Crippen LogP contribution in [0.2, 0.25) is 0 Å². The third-order valence-electron chi connectivity index (χ3n) is 12.2. The highest BCUT2D eigenvalue weighted by Crippen LogP contribution is 2.42. The number of nitrogens with zero attached hydrogens (tertiary/aromatic N) is 2. The number of rotatable bonds is 19. The molecular formula is C60H60N2O8. The van der Waals surface area contributed by atoms with Crippen LogP contribution in [0.1, 0.15) is 96.6 Å². The molecule has 0 bridgehead atoms. The number of benzene rings is 6. The van der Waals surface area contributed by atoms with Crippen molar-refractivity contribution >= 4 is 58.0 Å². The van der Waals surface area contributed by atoms with Gasteiger partial charge < -0.3 is 28.7 Å². The largest absolute Gasteiger partial charge is 0.455 e. The fraction of sp³-hybridized carbons (Fsp3) is 0.200. The van der Waals surface area contributed by atoms with Crippen LogP contribution in [0.4, 0.5) is 34.1 Å². The quantitative estimate of drug-likeness (QED) is 0.0442. The van der Waals surface area contributed by atoms with E-state index in [4.69, 9.17) is 18.9 Å². The van der Waals surface area contributed by atoms with Crippen molar-refractivity contribution < 1.29 is 38.1 Å². The van der Waals surface area contributed by atoms with Crippen molar-refractivity contribution in [3.63, 3.8) is 0 Å². The van der Waals surface area contributed by atoms with Crippen LogP contribution in [0.3, 0.4) is 0 Å². The molecule has 0 heterocycles. The Morgan fingerprint density at radius 2 is 0.600 bits per heavy atom. The van der Waals surface area contributed by atoms with Gasteiger partial charge in [0.2, 0.25) is 0 Å². The van der Waals surface area contributed by atoms with E-state index in [0.29, 0.717) is 0 Å². The first-order valence-electron chi connectivity index (χ1n) is 23.0. The Kier molecular flexibility index (Phi) is 16.6. The maximum Gasteiger partial charge on any atom is 0.330 e. The number of hydrogen-bond acceptors (Lipinski definition) is 10. The Balaban J connectivity index is 1.37. The second-order valence-electron chi connectivity index (χ2n) is 17.1. The second kappa shape index (κ2) is 22.7. The minimum Gasteiger partial charge on any atom is -0.455 e. The molecule has 0 saturated carbocycles. The Morgan fingerprint density at radius 1 is 0.371 bits per heavy atom. The Morgan fingerprint density at radius 3 is 0.843 bits per heavy atom. The summed E-state index contributed by atoms with van der Waals surface area (Å²) < 4.78 is 22.2. The first-order chi connectivity index (χ1) is 33.5. The van der Waals surface area contributed by atoms with Gasteiger partial charge >= 0.3 is 23.9 Å². The molecule has 0 N–H and O–H groups in total. The Labute approximate surface area is 411 Å². The third-order valence-corrected chi connectivity index (χ3v) is 12.2. The normalized spacial score (nSPS) is 12.5. The predicted molar refractivity (Wildman–Crippen MR) is 279 cm³/mol. The molecule has 6 aromatic rings. The van der Waals surface area contributed by atoms with Crippen LogP contribution in [-0.4, -0.2) is 23.9 Å².